The fourth-order valence-corrected chi connectivity index (χ4v) is 2.44. The number of hydrogen-bond acceptors (Lipinski definition) is 6. The minimum Gasteiger partial charge on any atom is -0.508 e. The first-order valence-corrected chi connectivity index (χ1v) is 6.60. The van der Waals surface area contributed by atoms with E-state index in [0.717, 1.165) is 0 Å². The molecule has 2 aromatic rings. The molecule has 1 aliphatic rings. The zero-order chi connectivity index (χ0) is 15.9. The van der Waals surface area contributed by atoms with Gasteiger partial charge in [0.25, 0.3) is 0 Å². The third-order valence-electron chi connectivity index (χ3n) is 3.57. The summed E-state index contributed by atoms with van der Waals surface area (Å²) in [6, 6.07) is 8.76. The maximum absolute atomic E-state index is 12.3. The molecule has 2 aromatic carbocycles. The van der Waals surface area contributed by atoms with Gasteiger partial charge in [-0.2, -0.15) is 0 Å². The minimum atomic E-state index is -1.45. The van der Waals surface area contributed by atoms with Gasteiger partial charge in [0.15, 0.2) is 12.2 Å². The zero-order valence-electron chi connectivity index (χ0n) is 11.7. The van der Waals surface area contributed by atoms with E-state index in [9.17, 15) is 20.1 Å². The summed E-state index contributed by atoms with van der Waals surface area (Å²) < 4.78 is 10.7. The molecule has 3 N–H and O–H groups in total. The van der Waals surface area contributed by atoms with Crippen LogP contribution in [0.1, 0.15) is 22.0 Å². The quantitative estimate of drug-likeness (QED) is 0.782. The van der Waals surface area contributed by atoms with Gasteiger partial charge < -0.3 is 24.8 Å². The molecule has 1 heterocycles. The number of ketones is 1. The van der Waals surface area contributed by atoms with Gasteiger partial charge in [0.1, 0.15) is 28.6 Å². The van der Waals surface area contributed by atoms with E-state index in [2.05, 4.69) is 0 Å². The zero-order valence-corrected chi connectivity index (χ0v) is 11.7. The monoisotopic (exact) mass is 302 g/mol. The Labute approximate surface area is 126 Å². The van der Waals surface area contributed by atoms with Crippen molar-refractivity contribution in [2.24, 2.45) is 0 Å². The van der Waals surface area contributed by atoms with Crippen molar-refractivity contribution in [3.63, 3.8) is 0 Å². The van der Waals surface area contributed by atoms with Gasteiger partial charge in [-0.1, -0.05) is 12.1 Å². The number of hydrogen-bond donors (Lipinski definition) is 3. The number of benzene rings is 2. The first-order chi connectivity index (χ1) is 10.5. The lowest BCUT2D eigenvalue weighted by Gasteiger charge is -2.30. The van der Waals surface area contributed by atoms with Crippen molar-refractivity contribution in [1.29, 1.82) is 0 Å². The Hall–Kier alpha value is -2.73. The number of phenols is 2. The number of ether oxygens (including phenoxy) is 2. The molecule has 0 aromatic heterocycles. The van der Waals surface area contributed by atoms with Gasteiger partial charge in [-0.25, -0.2) is 0 Å². The Morgan fingerprint density at radius 3 is 2.45 bits per heavy atom. The highest BCUT2D eigenvalue weighted by molar-refractivity contribution is 6.05. The number of rotatable bonds is 2. The summed E-state index contributed by atoms with van der Waals surface area (Å²) in [4.78, 5) is 12.3. The summed E-state index contributed by atoms with van der Waals surface area (Å²) in [5.41, 5.74) is 0.468. The van der Waals surface area contributed by atoms with Gasteiger partial charge in [0.05, 0.1) is 7.11 Å². The summed E-state index contributed by atoms with van der Waals surface area (Å²) >= 11 is 0. The van der Waals surface area contributed by atoms with Crippen LogP contribution in [0, 0.1) is 0 Å². The highest BCUT2D eigenvalue weighted by Gasteiger charge is 2.39. The molecule has 1 aliphatic heterocycles. The van der Waals surface area contributed by atoms with E-state index in [1.54, 1.807) is 12.1 Å². The SMILES string of the molecule is COc1cc(O)c2c(c1)O[C@@H](c1ccc(O)cc1)[C@H](O)C2=O. The van der Waals surface area contributed by atoms with Gasteiger partial charge in [-0.3, -0.25) is 4.79 Å². The number of methoxy groups -OCH3 is 1. The van der Waals surface area contributed by atoms with Crippen LogP contribution in [0.15, 0.2) is 36.4 Å². The Balaban J connectivity index is 2.06. The molecule has 0 bridgehead atoms. The highest BCUT2D eigenvalue weighted by atomic mass is 16.5. The molecule has 0 unspecified atom stereocenters. The second-order valence-electron chi connectivity index (χ2n) is 4.96. The van der Waals surface area contributed by atoms with E-state index in [4.69, 9.17) is 9.47 Å². The molecule has 0 saturated carbocycles. The van der Waals surface area contributed by atoms with Crippen molar-refractivity contribution in [3.05, 3.63) is 47.5 Å². The number of aliphatic hydroxyl groups excluding tert-OH is 1. The van der Waals surface area contributed by atoms with Crippen LogP contribution in [-0.2, 0) is 0 Å². The number of fused-ring (bicyclic) bond motifs is 1. The summed E-state index contributed by atoms with van der Waals surface area (Å²) in [6.07, 6.45) is -2.37. The molecule has 0 fully saturated rings. The van der Waals surface area contributed by atoms with E-state index < -0.39 is 18.0 Å². The van der Waals surface area contributed by atoms with Crippen molar-refractivity contribution in [1.82, 2.24) is 0 Å². The van der Waals surface area contributed by atoms with E-state index in [-0.39, 0.29) is 22.8 Å². The molecule has 2 atom stereocenters. The first kappa shape index (κ1) is 14.2. The topological polar surface area (TPSA) is 96.2 Å². The van der Waals surface area contributed by atoms with Crippen molar-refractivity contribution in [2.75, 3.05) is 7.11 Å². The van der Waals surface area contributed by atoms with Crippen LogP contribution in [0.4, 0.5) is 0 Å². The molecule has 0 radical (unpaired) electrons. The van der Waals surface area contributed by atoms with Crippen LogP contribution in [0.2, 0.25) is 0 Å². The summed E-state index contributed by atoms with van der Waals surface area (Å²) in [7, 11) is 1.43. The molecule has 0 spiro atoms. The Morgan fingerprint density at radius 1 is 1.14 bits per heavy atom. The number of aliphatic hydroxyl groups is 1. The number of aromatic hydroxyl groups is 2. The van der Waals surface area contributed by atoms with Crippen LogP contribution in [0.5, 0.6) is 23.0 Å². The predicted molar refractivity (Wildman–Crippen MR) is 76.5 cm³/mol. The van der Waals surface area contributed by atoms with Gasteiger partial charge in [0.2, 0.25) is 5.78 Å². The second kappa shape index (κ2) is 5.23. The third kappa shape index (κ3) is 2.23. The Kier molecular flexibility index (Phi) is 3.38. The molecule has 22 heavy (non-hydrogen) atoms. The average molecular weight is 302 g/mol. The lowest BCUT2D eigenvalue weighted by Crippen LogP contribution is -2.36. The molecule has 114 valence electrons. The maximum Gasteiger partial charge on any atom is 0.202 e. The minimum absolute atomic E-state index is 0.0664. The summed E-state index contributed by atoms with van der Waals surface area (Å²) in [6.45, 7) is 0. The molecular formula is C16H14O6. The summed E-state index contributed by atoms with van der Waals surface area (Å²) in [5, 5.41) is 29.4. The van der Waals surface area contributed by atoms with E-state index >= 15 is 0 Å². The highest BCUT2D eigenvalue weighted by Crippen LogP contribution is 2.42. The Morgan fingerprint density at radius 2 is 1.82 bits per heavy atom. The maximum atomic E-state index is 12.3. The number of carbonyl (C=O) groups is 1. The van der Waals surface area contributed by atoms with Crippen LogP contribution in [-0.4, -0.2) is 34.3 Å². The number of carbonyl (C=O) groups excluding carboxylic acids is 1. The molecular weight excluding hydrogens is 288 g/mol. The van der Waals surface area contributed by atoms with E-state index in [1.807, 2.05) is 0 Å². The van der Waals surface area contributed by atoms with Gasteiger partial charge in [0, 0.05) is 12.1 Å². The molecule has 6 nitrogen and oxygen atoms in total. The summed E-state index contributed by atoms with van der Waals surface area (Å²) in [5.74, 6) is -0.378. The molecule has 6 heteroatoms. The van der Waals surface area contributed by atoms with Crippen LogP contribution >= 0.6 is 0 Å². The van der Waals surface area contributed by atoms with Crippen LogP contribution in [0.3, 0.4) is 0 Å². The van der Waals surface area contributed by atoms with Gasteiger partial charge in [-0.05, 0) is 17.7 Å². The lowest BCUT2D eigenvalue weighted by atomic mass is 9.93. The average Bonchev–Trinajstić information content (AvgIpc) is 2.51. The largest absolute Gasteiger partial charge is 0.508 e. The van der Waals surface area contributed by atoms with Crippen LogP contribution < -0.4 is 9.47 Å². The van der Waals surface area contributed by atoms with Gasteiger partial charge >= 0.3 is 0 Å². The Bertz CT molecular complexity index is 722. The van der Waals surface area contributed by atoms with E-state index in [1.165, 1.54) is 31.4 Å². The van der Waals surface area contributed by atoms with Crippen molar-refractivity contribution in [3.8, 4) is 23.0 Å². The first-order valence-electron chi connectivity index (χ1n) is 6.60. The number of Topliss-reactive ketones (excluding diaryl/α,β-unsaturated/α-hetero) is 1. The van der Waals surface area contributed by atoms with Crippen LogP contribution in [0.25, 0.3) is 0 Å². The third-order valence-corrected chi connectivity index (χ3v) is 3.57. The van der Waals surface area contributed by atoms with Crippen molar-refractivity contribution in [2.45, 2.75) is 12.2 Å². The lowest BCUT2D eigenvalue weighted by molar-refractivity contribution is 0.0210. The standard InChI is InChI=1S/C16H14O6/c1-21-10-6-11(18)13-12(7-10)22-16(15(20)14(13)19)8-2-4-9(17)5-3-8/h2-7,15-18,20H,1H3/t15-,16+/m1/s1. The normalized spacial score (nSPS) is 20.2. The van der Waals surface area contributed by atoms with Crippen molar-refractivity contribution >= 4 is 5.78 Å². The number of phenolic OH excluding ortho intramolecular Hbond substituents is 2. The van der Waals surface area contributed by atoms with Gasteiger partial charge in [-0.15, -0.1) is 0 Å². The molecule has 0 aliphatic carbocycles. The fourth-order valence-electron chi connectivity index (χ4n) is 2.44. The predicted octanol–water partition coefficient (Wildman–Crippen LogP) is 1.78. The molecule has 3 rings (SSSR count). The smallest absolute Gasteiger partial charge is 0.202 e. The molecule has 0 amide bonds. The molecule has 0 saturated heterocycles. The second-order valence-corrected chi connectivity index (χ2v) is 4.96. The van der Waals surface area contributed by atoms with E-state index in [0.29, 0.717) is 11.3 Å². The fraction of sp³-hybridized carbons (Fsp3) is 0.188. The van der Waals surface area contributed by atoms with Crippen molar-refractivity contribution < 1.29 is 29.6 Å².